The minimum Gasteiger partial charge on any atom is -0.330 e. The van der Waals surface area contributed by atoms with Crippen LogP contribution in [-0.4, -0.2) is 12.3 Å². The Hall–Kier alpha value is -0.740. The first kappa shape index (κ1) is 13.3. The molecule has 0 radical (unpaired) electrons. The second-order valence-electron chi connectivity index (χ2n) is 4.13. The maximum atomic E-state index is 13.7. The van der Waals surface area contributed by atoms with E-state index in [2.05, 4.69) is 15.9 Å². The number of hydrogen-bond donors (Lipinski definition) is 1. The predicted octanol–water partition coefficient (Wildman–Crippen LogP) is 3.19. The molecule has 2 nitrogen and oxygen atoms in total. The van der Waals surface area contributed by atoms with Crippen LogP contribution in [0, 0.1) is 0 Å². The SMILES string of the molecule is CC(C)(F)c1ccc(C(=O)CCN)cc1Br. The molecule has 0 saturated heterocycles. The molecule has 1 aromatic rings. The maximum absolute atomic E-state index is 13.7. The summed E-state index contributed by atoms with van der Waals surface area (Å²) < 4.78 is 14.3. The van der Waals surface area contributed by atoms with E-state index >= 15 is 0 Å². The zero-order chi connectivity index (χ0) is 12.3. The van der Waals surface area contributed by atoms with Crippen LogP contribution in [0.1, 0.15) is 36.2 Å². The van der Waals surface area contributed by atoms with Crippen LogP contribution in [0.15, 0.2) is 22.7 Å². The topological polar surface area (TPSA) is 43.1 Å². The van der Waals surface area contributed by atoms with Gasteiger partial charge in [-0.05, 0) is 26.5 Å². The number of hydrogen-bond acceptors (Lipinski definition) is 2. The summed E-state index contributed by atoms with van der Waals surface area (Å²) in [6.07, 6.45) is 0.310. The third kappa shape index (κ3) is 3.12. The van der Waals surface area contributed by atoms with Crippen molar-refractivity contribution in [3.63, 3.8) is 0 Å². The van der Waals surface area contributed by atoms with Crippen molar-refractivity contribution in [2.45, 2.75) is 25.9 Å². The number of nitrogens with two attached hydrogens (primary N) is 1. The molecule has 16 heavy (non-hydrogen) atoms. The molecule has 0 aliphatic heterocycles. The van der Waals surface area contributed by atoms with Gasteiger partial charge in [0, 0.05) is 22.0 Å². The molecule has 0 aromatic heterocycles. The van der Waals surface area contributed by atoms with Crippen LogP contribution in [0.3, 0.4) is 0 Å². The maximum Gasteiger partial charge on any atom is 0.164 e. The van der Waals surface area contributed by atoms with Crippen LogP contribution in [0.4, 0.5) is 4.39 Å². The molecule has 0 amide bonds. The van der Waals surface area contributed by atoms with E-state index in [0.717, 1.165) is 0 Å². The number of carbonyl (C=O) groups excluding carboxylic acids is 1. The van der Waals surface area contributed by atoms with Gasteiger partial charge in [-0.25, -0.2) is 4.39 Å². The van der Waals surface area contributed by atoms with E-state index in [1.165, 1.54) is 13.8 Å². The van der Waals surface area contributed by atoms with Crippen LogP contribution >= 0.6 is 15.9 Å². The van der Waals surface area contributed by atoms with Gasteiger partial charge in [0.2, 0.25) is 0 Å². The summed E-state index contributed by atoms with van der Waals surface area (Å²) >= 11 is 3.28. The average Bonchev–Trinajstić information content (AvgIpc) is 2.16. The van der Waals surface area contributed by atoms with Crippen LogP contribution in [0.2, 0.25) is 0 Å². The first-order valence-electron chi connectivity index (χ1n) is 5.08. The van der Waals surface area contributed by atoms with Crippen LogP contribution in [-0.2, 0) is 5.67 Å². The molecule has 1 aromatic carbocycles. The van der Waals surface area contributed by atoms with E-state index in [9.17, 15) is 9.18 Å². The number of Topliss-reactive ketones (excluding diaryl/α,β-unsaturated/α-hetero) is 1. The molecule has 0 saturated carbocycles. The van der Waals surface area contributed by atoms with Gasteiger partial charge >= 0.3 is 0 Å². The molecule has 0 spiro atoms. The number of carbonyl (C=O) groups is 1. The molecule has 0 bridgehead atoms. The molecule has 0 unspecified atom stereocenters. The van der Waals surface area contributed by atoms with Gasteiger partial charge in [-0.2, -0.15) is 0 Å². The predicted molar refractivity (Wildman–Crippen MR) is 66.3 cm³/mol. The Kier molecular flexibility index (Phi) is 4.21. The summed E-state index contributed by atoms with van der Waals surface area (Å²) in [5, 5.41) is 0. The van der Waals surface area contributed by atoms with Gasteiger partial charge in [0.25, 0.3) is 0 Å². The summed E-state index contributed by atoms with van der Waals surface area (Å²) in [7, 11) is 0. The zero-order valence-electron chi connectivity index (χ0n) is 9.39. The van der Waals surface area contributed by atoms with Gasteiger partial charge in [-0.3, -0.25) is 4.79 Å². The van der Waals surface area contributed by atoms with Gasteiger partial charge in [0.15, 0.2) is 5.78 Å². The second kappa shape index (κ2) is 5.06. The zero-order valence-corrected chi connectivity index (χ0v) is 11.0. The van der Waals surface area contributed by atoms with Crippen molar-refractivity contribution in [2.24, 2.45) is 5.73 Å². The van der Waals surface area contributed by atoms with Crippen molar-refractivity contribution < 1.29 is 9.18 Å². The third-order valence-electron chi connectivity index (χ3n) is 2.30. The number of ketones is 1. The van der Waals surface area contributed by atoms with E-state index in [1.54, 1.807) is 18.2 Å². The highest BCUT2D eigenvalue weighted by atomic mass is 79.9. The Morgan fingerprint density at radius 1 is 1.50 bits per heavy atom. The van der Waals surface area contributed by atoms with Gasteiger partial charge in [0.1, 0.15) is 5.67 Å². The number of alkyl halides is 1. The molecule has 0 atom stereocenters. The summed E-state index contributed by atoms with van der Waals surface area (Å²) in [6.45, 7) is 3.29. The first-order chi connectivity index (χ1) is 7.36. The fourth-order valence-electron chi connectivity index (χ4n) is 1.45. The summed E-state index contributed by atoms with van der Waals surface area (Å²) in [5.74, 6) is -0.0218. The Labute approximate surface area is 103 Å². The minimum absolute atomic E-state index is 0.0218. The van der Waals surface area contributed by atoms with Crippen molar-refractivity contribution in [2.75, 3.05) is 6.54 Å². The van der Waals surface area contributed by atoms with Crippen molar-refractivity contribution in [1.29, 1.82) is 0 Å². The fraction of sp³-hybridized carbons (Fsp3) is 0.417. The third-order valence-corrected chi connectivity index (χ3v) is 2.96. The van der Waals surface area contributed by atoms with Crippen molar-refractivity contribution in [1.82, 2.24) is 0 Å². The van der Waals surface area contributed by atoms with E-state index in [-0.39, 0.29) is 5.78 Å². The molecule has 0 aliphatic carbocycles. The minimum atomic E-state index is -1.42. The van der Waals surface area contributed by atoms with Gasteiger partial charge in [-0.1, -0.05) is 28.1 Å². The molecule has 0 heterocycles. The van der Waals surface area contributed by atoms with E-state index in [1.807, 2.05) is 0 Å². The molecule has 2 N–H and O–H groups in total. The van der Waals surface area contributed by atoms with Crippen LogP contribution in [0.25, 0.3) is 0 Å². The second-order valence-corrected chi connectivity index (χ2v) is 4.98. The normalized spacial score (nSPS) is 11.6. The van der Waals surface area contributed by atoms with Crippen molar-refractivity contribution in [3.8, 4) is 0 Å². The van der Waals surface area contributed by atoms with Crippen LogP contribution < -0.4 is 5.73 Å². The molecular weight excluding hydrogens is 273 g/mol. The van der Waals surface area contributed by atoms with E-state index in [0.29, 0.717) is 28.6 Å². The highest BCUT2D eigenvalue weighted by molar-refractivity contribution is 9.10. The lowest BCUT2D eigenvalue weighted by Crippen LogP contribution is -2.12. The highest BCUT2D eigenvalue weighted by Gasteiger charge is 2.22. The standard InChI is InChI=1S/C12H15BrFNO/c1-12(2,14)9-4-3-8(7-10(9)13)11(16)5-6-15/h3-4,7H,5-6,15H2,1-2H3. The average molecular weight is 288 g/mol. The Bertz CT molecular complexity index is 398. The number of halogens is 2. The van der Waals surface area contributed by atoms with E-state index in [4.69, 9.17) is 5.73 Å². The largest absolute Gasteiger partial charge is 0.330 e. The fourth-order valence-corrected chi connectivity index (χ4v) is 2.30. The summed E-state index contributed by atoms with van der Waals surface area (Å²) in [4.78, 5) is 11.6. The number of benzene rings is 1. The Morgan fingerprint density at radius 3 is 2.56 bits per heavy atom. The smallest absolute Gasteiger partial charge is 0.164 e. The molecular formula is C12H15BrFNO. The lowest BCUT2D eigenvalue weighted by Gasteiger charge is -2.17. The lowest BCUT2D eigenvalue weighted by molar-refractivity contribution is 0.0985. The van der Waals surface area contributed by atoms with Crippen molar-refractivity contribution >= 4 is 21.7 Å². The van der Waals surface area contributed by atoms with Gasteiger partial charge in [0.05, 0.1) is 0 Å². The number of rotatable bonds is 4. The van der Waals surface area contributed by atoms with Gasteiger partial charge < -0.3 is 5.73 Å². The highest BCUT2D eigenvalue weighted by Crippen LogP contribution is 2.32. The molecule has 0 aliphatic rings. The molecule has 0 fully saturated rings. The van der Waals surface area contributed by atoms with Crippen LogP contribution in [0.5, 0.6) is 0 Å². The monoisotopic (exact) mass is 287 g/mol. The molecule has 4 heteroatoms. The first-order valence-corrected chi connectivity index (χ1v) is 5.87. The van der Waals surface area contributed by atoms with E-state index < -0.39 is 5.67 Å². The summed E-state index contributed by atoms with van der Waals surface area (Å²) in [5.41, 5.74) is 4.99. The molecule has 1 rings (SSSR count). The molecule has 88 valence electrons. The van der Waals surface area contributed by atoms with Gasteiger partial charge in [-0.15, -0.1) is 0 Å². The Morgan fingerprint density at radius 2 is 2.12 bits per heavy atom. The summed E-state index contributed by atoms with van der Waals surface area (Å²) in [6, 6.07) is 4.92. The van der Waals surface area contributed by atoms with Crippen molar-refractivity contribution in [3.05, 3.63) is 33.8 Å². The quantitative estimate of drug-likeness (QED) is 0.865. The Balaban J connectivity index is 3.05. The lowest BCUT2D eigenvalue weighted by atomic mass is 9.97.